The lowest BCUT2D eigenvalue weighted by Crippen LogP contribution is -2.09. The molecule has 0 radical (unpaired) electrons. The molecule has 8 nitrogen and oxygen atoms in total. The largest absolute Gasteiger partial charge is 0.333 e. The van der Waals surface area contributed by atoms with E-state index in [1.54, 1.807) is 11.0 Å². The summed E-state index contributed by atoms with van der Waals surface area (Å²) in [6.07, 6.45) is 4.39. The molecule has 2 heterocycles. The Morgan fingerprint density at radius 1 is 1.19 bits per heavy atom. The van der Waals surface area contributed by atoms with Crippen LogP contribution in [0.1, 0.15) is 0 Å². The van der Waals surface area contributed by atoms with Crippen LogP contribution in [0.15, 0.2) is 29.8 Å². The van der Waals surface area contributed by atoms with Crippen LogP contribution in [0.3, 0.4) is 0 Å². The number of anilines is 3. The molecule has 0 unspecified atom stereocenters. The molecule has 0 saturated heterocycles. The van der Waals surface area contributed by atoms with Gasteiger partial charge in [-0.3, -0.25) is 4.72 Å². The Balaban J connectivity index is 2.09. The molecule has 0 bridgehead atoms. The highest BCUT2D eigenvalue weighted by Gasteiger charge is 2.19. The predicted molar refractivity (Wildman–Crippen MR) is 94.9 cm³/mol. The zero-order valence-corrected chi connectivity index (χ0v) is 15.3. The van der Waals surface area contributed by atoms with E-state index in [1.807, 2.05) is 0 Å². The molecule has 0 amide bonds. The summed E-state index contributed by atoms with van der Waals surface area (Å²) in [6.45, 7) is 0. The third-order valence-electron chi connectivity index (χ3n) is 3.10. The van der Waals surface area contributed by atoms with E-state index in [2.05, 4.69) is 25.3 Å². The zero-order valence-electron chi connectivity index (χ0n) is 12.9. The first-order chi connectivity index (χ1) is 12.3. The van der Waals surface area contributed by atoms with Gasteiger partial charge in [-0.1, -0.05) is 11.8 Å². The molecule has 13 heteroatoms. The number of halogens is 3. The molecule has 26 heavy (non-hydrogen) atoms. The lowest BCUT2D eigenvalue weighted by atomic mass is 10.2. The first kappa shape index (κ1) is 18.5. The van der Waals surface area contributed by atoms with Crippen molar-refractivity contribution in [2.24, 2.45) is 0 Å². The van der Waals surface area contributed by atoms with Crippen molar-refractivity contribution in [3.63, 3.8) is 0 Å². The number of hydrogen-bond donors (Lipinski definition) is 2. The van der Waals surface area contributed by atoms with E-state index in [9.17, 15) is 17.2 Å². The average molecular weight is 419 g/mol. The van der Waals surface area contributed by atoms with Crippen molar-refractivity contribution < 1.29 is 17.2 Å². The van der Waals surface area contributed by atoms with E-state index >= 15 is 0 Å². The van der Waals surface area contributed by atoms with Gasteiger partial charge < -0.3 is 5.32 Å². The van der Waals surface area contributed by atoms with Gasteiger partial charge in [-0.05, 0) is 18.4 Å². The van der Waals surface area contributed by atoms with Crippen molar-refractivity contribution in [3.8, 4) is 0 Å². The maximum atomic E-state index is 14.5. The van der Waals surface area contributed by atoms with Crippen molar-refractivity contribution in [2.45, 2.75) is 5.16 Å². The summed E-state index contributed by atoms with van der Waals surface area (Å²) in [6, 6.07) is 1.78. The van der Waals surface area contributed by atoms with Gasteiger partial charge in [-0.25, -0.2) is 28.7 Å². The van der Waals surface area contributed by atoms with Crippen LogP contribution in [0.4, 0.5) is 26.0 Å². The maximum absolute atomic E-state index is 14.5. The molecular formula is C13H9ClF2N6O2S2. The van der Waals surface area contributed by atoms with Crippen LogP contribution < -0.4 is 10.0 Å². The van der Waals surface area contributed by atoms with Crippen molar-refractivity contribution in [1.82, 2.24) is 19.9 Å². The molecule has 0 saturated carbocycles. The molecule has 0 spiro atoms. The van der Waals surface area contributed by atoms with E-state index in [1.165, 1.54) is 24.3 Å². The number of nitrogens with zero attached hydrogens (tertiary/aromatic N) is 4. The number of hydrogen-bond acceptors (Lipinski definition) is 8. The number of aromatic nitrogens is 4. The van der Waals surface area contributed by atoms with Gasteiger partial charge in [0.2, 0.25) is 0 Å². The minimum atomic E-state index is -4.26. The summed E-state index contributed by atoms with van der Waals surface area (Å²) < 4.78 is 52.6. The van der Waals surface area contributed by atoms with Gasteiger partial charge >= 0.3 is 9.24 Å². The van der Waals surface area contributed by atoms with Gasteiger partial charge in [-0.2, -0.15) is 8.42 Å². The predicted octanol–water partition coefficient (Wildman–Crippen LogP) is 3.06. The molecule has 2 aromatic heterocycles. The van der Waals surface area contributed by atoms with Gasteiger partial charge in [0.25, 0.3) is 0 Å². The van der Waals surface area contributed by atoms with Crippen LogP contribution >= 0.6 is 22.4 Å². The van der Waals surface area contributed by atoms with Crippen LogP contribution in [0, 0.1) is 11.6 Å². The van der Waals surface area contributed by atoms with Crippen LogP contribution in [-0.2, 0) is 9.24 Å². The fourth-order valence-corrected chi connectivity index (χ4v) is 3.03. The summed E-state index contributed by atoms with van der Waals surface area (Å²) >= 11 is 1.27. The Hall–Kier alpha value is -2.31. The molecule has 0 aliphatic heterocycles. The minimum Gasteiger partial charge on any atom is -0.333 e. The first-order valence-electron chi connectivity index (χ1n) is 6.77. The van der Waals surface area contributed by atoms with Gasteiger partial charge in [0, 0.05) is 10.7 Å². The summed E-state index contributed by atoms with van der Waals surface area (Å²) in [5.41, 5.74) is -0.547. The molecule has 0 fully saturated rings. The van der Waals surface area contributed by atoms with E-state index in [0.29, 0.717) is 10.7 Å². The van der Waals surface area contributed by atoms with Crippen molar-refractivity contribution >= 4 is 59.9 Å². The number of thioether (sulfide) groups is 1. The van der Waals surface area contributed by atoms with Crippen LogP contribution in [-0.4, -0.2) is 34.6 Å². The molecule has 136 valence electrons. The highest BCUT2D eigenvalue weighted by Crippen LogP contribution is 2.30. The van der Waals surface area contributed by atoms with Gasteiger partial charge in [-0.15, -0.1) is 0 Å². The molecular weight excluding hydrogens is 410 g/mol. The summed E-state index contributed by atoms with van der Waals surface area (Å²) in [4.78, 5) is 16.2. The molecule has 3 aromatic rings. The lowest BCUT2D eigenvalue weighted by molar-refractivity contribution is 0.591. The third kappa shape index (κ3) is 3.92. The Morgan fingerprint density at radius 3 is 2.65 bits per heavy atom. The second-order valence-corrected chi connectivity index (χ2v) is 7.83. The van der Waals surface area contributed by atoms with Crippen molar-refractivity contribution in [3.05, 3.63) is 36.3 Å². The first-order valence-corrected chi connectivity index (χ1v) is 10.3. The molecule has 0 aliphatic carbocycles. The zero-order chi connectivity index (χ0) is 18.9. The standard InChI is InChI=1S/C13H9ClF2N6O2S2/c1-25-13-17-4-8-11(21-13)12(19-5-18-8)20-10-6(15)2-3-7(9(10)16)22-26(14,23)24/h2-5,22H,1H3,(H,18,19,20). The SMILES string of the molecule is CSc1ncc2ncnc(Nc3c(F)ccc(NS(=O)(=O)Cl)c3F)c2n1. The quantitative estimate of drug-likeness (QED) is 0.369. The van der Waals surface area contributed by atoms with E-state index in [-0.39, 0.29) is 11.3 Å². The summed E-state index contributed by atoms with van der Waals surface area (Å²) in [5.74, 6) is -2.14. The molecule has 3 rings (SSSR count). The third-order valence-corrected chi connectivity index (χ3v) is 4.36. The van der Waals surface area contributed by atoms with Crippen molar-refractivity contribution in [1.29, 1.82) is 0 Å². The van der Waals surface area contributed by atoms with E-state index < -0.39 is 32.2 Å². The van der Waals surface area contributed by atoms with Gasteiger partial charge in [0.1, 0.15) is 28.9 Å². The van der Waals surface area contributed by atoms with Crippen LogP contribution in [0.2, 0.25) is 0 Å². The molecule has 2 N–H and O–H groups in total. The Bertz CT molecular complexity index is 1100. The van der Waals surface area contributed by atoms with Crippen LogP contribution in [0.25, 0.3) is 11.0 Å². The summed E-state index contributed by atoms with van der Waals surface area (Å²) in [7, 11) is 0.781. The topological polar surface area (TPSA) is 110 Å². The molecule has 0 atom stereocenters. The van der Waals surface area contributed by atoms with Gasteiger partial charge in [0.15, 0.2) is 16.8 Å². The smallest absolute Gasteiger partial charge is 0.319 e. The number of fused-ring (bicyclic) bond motifs is 1. The number of nitrogens with one attached hydrogen (secondary N) is 2. The van der Waals surface area contributed by atoms with E-state index in [0.717, 1.165) is 12.1 Å². The summed E-state index contributed by atoms with van der Waals surface area (Å²) in [5, 5.41) is 2.90. The van der Waals surface area contributed by atoms with Gasteiger partial charge in [0.05, 0.1) is 11.9 Å². The normalized spacial score (nSPS) is 11.5. The number of rotatable bonds is 5. The second kappa shape index (κ2) is 7.13. The molecule has 0 aliphatic rings. The number of benzene rings is 1. The highest BCUT2D eigenvalue weighted by molar-refractivity contribution is 8.14. The molecule has 1 aromatic carbocycles. The maximum Gasteiger partial charge on any atom is 0.319 e. The fraction of sp³-hybridized carbons (Fsp3) is 0.0769. The Kier molecular flexibility index (Phi) is 5.07. The van der Waals surface area contributed by atoms with Crippen LogP contribution in [0.5, 0.6) is 0 Å². The lowest BCUT2D eigenvalue weighted by Gasteiger charge is -2.12. The van der Waals surface area contributed by atoms with Crippen molar-refractivity contribution in [2.75, 3.05) is 16.3 Å². The van der Waals surface area contributed by atoms with E-state index in [4.69, 9.17) is 10.7 Å². The Morgan fingerprint density at radius 2 is 1.96 bits per heavy atom. The fourth-order valence-electron chi connectivity index (χ4n) is 2.02. The Labute approximate surface area is 155 Å². The highest BCUT2D eigenvalue weighted by atomic mass is 35.7. The monoisotopic (exact) mass is 418 g/mol. The second-order valence-electron chi connectivity index (χ2n) is 4.76. The minimum absolute atomic E-state index is 0.0244. The average Bonchev–Trinajstić information content (AvgIpc) is 2.60.